The van der Waals surface area contributed by atoms with Gasteiger partial charge in [-0.05, 0) is 38.5 Å². The van der Waals surface area contributed by atoms with Crippen molar-refractivity contribution >= 4 is 11.8 Å². The van der Waals surface area contributed by atoms with Crippen LogP contribution < -0.4 is 5.32 Å². The van der Waals surface area contributed by atoms with E-state index in [-0.39, 0.29) is 23.8 Å². The van der Waals surface area contributed by atoms with Gasteiger partial charge in [0.25, 0.3) is 0 Å². The fraction of sp³-hybridized carbons (Fsp3) is 0.737. The highest BCUT2D eigenvalue weighted by atomic mass is 16.2. The number of aromatic amines is 1. The van der Waals surface area contributed by atoms with Crippen molar-refractivity contribution in [2.45, 2.75) is 69.7 Å². The number of nitrogens with one attached hydrogen (secondary N) is 2. The molecule has 0 bridgehead atoms. The Morgan fingerprint density at radius 2 is 1.96 bits per heavy atom. The van der Waals surface area contributed by atoms with Crippen LogP contribution in [0, 0.1) is 5.92 Å². The SMILES string of the molecule is O=C(N[C@H]1CCN(C(=O)C2CCCCC2)C1)[C@@H]1CCCc2[nH]ncc21. The van der Waals surface area contributed by atoms with Crippen LogP contribution in [-0.2, 0) is 16.0 Å². The highest BCUT2D eigenvalue weighted by molar-refractivity contribution is 5.84. The molecule has 2 atom stereocenters. The Balaban J connectivity index is 1.32. The summed E-state index contributed by atoms with van der Waals surface area (Å²) >= 11 is 0. The third-order valence-corrected chi connectivity index (χ3v) is 6.16. The van der Waals surface area contributed by atoms with Gasteiger partial charge in [0.2, 0.25) is 11.8 Å². The molecule has 2 N–H and O–H groups in total. The molecule has 1 aliphatic heterocycles. The maximum Gasteiger partial charge on any atom is 0.227 e. The third kappa shape index (κ3) is 3.44. The third-order valence-electron chi connectivity index (χ3n) is 6.16. The molecule has 4 rings (SSSR count). The summed E-state index contributed by atoms with van der Waals surface area (Å²) in [4.78, 5) is 27.4. The Bertz CT molecular complexity index is 635. The number of carbonyl (C=O) groups excluding carboxylic acids is 2. The molecule has 2 aliphatic carbocycles. The van der Waals surface area contributed by atoms with Gasteiger partial charge in [-0.1, -0.05) is 19.3 Å². The van der Waals surface area contributed by atoms with Crippen molar-refractivity contribution < 1.29 is 9.59 Å². The zero-order chi connectivity index (χ0) is 17.2. The lowest BCUT2D eigenvalue weighted by Gasteiger charge is -2.27. The second-order valence-corrected chi connectivity index (χ2v) is 7.86. The number of H-pyrrole nitrogens is 1. The number of fused-ring (bicyclic) bond motifs is 1. The fourth-order valence-corrected chi connectivity index (χ4v) is 4.72. The lowest BCUT2D eigenvalue weighted by Crippen LogP contribution is -2.42. The Morgan fingerprint density at radius 3 is 2.80 bits per heavy atom. The maximum atomic E-state index is 12.7. The van der Waals surface area contributed by atoms with Crippen LogP contribution in [0.5, 0.6) is 0 Å². The number of amides is 2. The number of carbonyl (C=O) groups is 2. The van der Waals surface area contributed by atoms with Gasteiger partial charge >= 0.3 is 0 Å². The predicted molar refractivity (Wildman–Crippen MR) is 94.0 cm³/mol. The molecule has 0 unspecified atom stereocenters. The van der Waals surface area contributed by atoms with Crippen molar-refractivity contribution in [1.29, 1.82) is 0 Å². The molecule has 0 radical (unpaired) electrons. The van der Waals surface area contributed by atoms with Crippen LogP contribution >= 0.6 is 0 Å². The average Bonchev–Trinajstić information content (AvgIpc) is 3.30. The minimum atomic E-state index is -0.0920. The van der Waals surface area contributed by atoms with Crippen molar-refractivity contribution in [1.82, 2.24) is 20.4 Å². The summed E-state index contributed by atoms with van der Waals surface area (Å²) in [6.07, 6.45) is 11.3. The summed E-state index contributed by atoms with van der Waals surface area (Å²) < 4.78 is 0. The first-order valence-electron chi connectivity index (χ1n) is 9.83. The minimum Gasteiger partial charge on any atom is -0.351 e. The lowest BCUT2D eigenvalue weighted by atomic mass is 9.86. The molecule has 1 aromatic rings. The van der Waals surface area contributed by atoms with Crippen molar-refractivity contribution in [3.05, 3.63) is 17.5 Å². The number of hydrogen-bond acceptors (Lipinski definition) is 3. The van der Waals surface area contributed by atoms with E-state index in [9.17, 15) is 9.59 Å². The molecule has 25 heavy (non-hydrogen) atoms. The lowest BCUT2D eigenvalue weighted by molar-refractivity contribution is -0.135. The van der Waals surface area contributed by atoms with Gasteiger partial charge in [-0.15, -0.1) is 0 Å². The molecule has 0 aromatic carbocycles. The number of aryl methyl sites for hydroxylation is 1. The Hall–Kier alpha value is -1.85. The van der Waals surface area contributed by atoms with Gasteiger partial charge in [0.15, 0.2) is 0 Å². The van der Waals surface area contributed by atoms with Crippen LogP contribution in [0.3, 0.4) is 0 Å². The standard InChI is InChI=1S/C19H28N4O2/c24-18(15-7-4-8-17-16(15)11-20-22-17)21-14-9-10-23(12-14)19(25)13-5-2-1-3-6-13/h11,13-15H,1-10,12H2,(H,20,22)(H,21,24)/t14-,15+/m0/s1. The molecule has 0 spiro atoms. The predicted octanol–water partition coefficient (Wildman–Crippen LogP) is 2.13. The van der Waals surface area contributed by atoms with Gasteiger partial charge < -0.3 is 10.2 Å². The van der Waals surface area contributed by atoms with Gasteiger partial charge in [0.05, 0.1) is 12.1 Å². The molecule has 6 nitrogen and oxygen atoms in total. The van der Waals surface area contributed by atoms with Gasteiger partial charge in [0.1, 0.15) is 0 Å². The summed E-state index contributed by atoms with van der Waals surface area (Å²) in [6, 6.07) is 0.0947. The molecule has 6 heteroatoms. The van der Waals surface area contributed by atoms with E-state index in [1.54, 1.807) is 6.20 Å². The molecule has 1 saturated heterocycles. The van der Waals surface area contributed by atoms with E-state index in [0.717, 1.165) is 56.3 Å². The molecule has 136 valence electrons. The molecule has 1 aromatic heterocycles. The van der Waals surface area contributed by atoms with Crippen molar-refractivity contribution in [3.63, 3.8) is 0 Å². The minimum absolute atomic E-state index is 0.0920. The van der Waals surface area contributed by atoms with Crippen LogP contribution in [0.15, 0.2) is 6.20 Å². The monoisotopic (exact) mass is 344 g/mol. The zero-order valence-corrected chi connectivity index (χ0v) is 14.8. The second kappa shape index (κ2) is 7.18. The van der Waals surface area contributed by atoms with Crippen LogP contribution in [0.4, 0.5) is 0 Å². The van der Waals surface area contributed by atoms with E-state index in [1.165, 1.54) is 19.3 Å². The average molecular weight is 344 g/mol. The zero-order valence-electron chi connectivity index (χ0n) is 14.8. The van der Waals surface area contributed by atoms with Crippen LogP contribution in [0.25, 0.3) is 0 Å². The van der Waals surface area contributed by atoms with E-state index in [4.69, 9.17) is 0 Å². The number of nitrogens with zero attached hydrogens (tertiary/aromatic N) is 2. The van der Waals surface area contributed by atoms with Crippen molar-refractivity contribution in [2.75, 3.05) is 13.1 Å². The smallest absolute Gasteiger partial charge is 0.227 e. The fourth-order valence-electron chi connectivity index (χ4n) is 4.72. The summed E-state index contributed by atoms with van der Waals surface area (Å²) in [5.74, 6) is 0.534. The molecule has 3 aliphatic rings. The second-order valence-electron chi connectivity index (χ2n) is 7.86. The van der Waals surface area contributed by atoms with Gasteiger partial charge in [-0.3, -0.25) is 14.7 Å². The first-order chi connectivity index (χ1) is 12.2. The highest BCUT2D eigenvalue weighted by Crippen LogP contribution is 2.31. The van der Waals surface area contributed by atoms with Crippen molar-refractivity contribution in [3.8, 4) is 0 Å². The summed E-state index contributed by atoms with van der Waals surface area (Å²) in [5, 5.41) is 10.3. The maximum absolute atomic E-state index is 12.7. The number of likely N-dealkylation sites (tertiary alicyclic amines) is 1. The van der Waals surface area contributed by atoms with Gasteiger partial charge in [-0.25, -0.2) is 0 Å². The molecular formula is C19H28N4O2. The van der Waals surface area contributed by atoms with E-state index in [0.29, 0.717) is 12.5 Å². The normalized spacial score (nSPS) is 27.1. The van der Waals surface area contributed by atoms with E-state index >= 15 is 0 Å². The largest absolute Gasteiger partial charge is 0.351 e. The molecule has 1 saturated carbocycles. The van der Waals surface area contributed by atoms with Crippen LogP contribution in [0.1, 0.15) is 68.5 Å². The van der Waals surface area contributed by atoms with Gasteiger partial charge in [-0.2, -0.15) is 5.10 Å². The Labute approximate surface area is 148 Å². The molecular weight excluding hydrogens is 316 g/mol. The van der Waals surface area contributed by atoms with Crippen LogP contribution in [-0.4, -0.2) is 46.0 Å². The highest BCUT2D eigenvalue weighted by Gasteiger charge is 2.34. The summed E-state index contributed by atoms with van der Waals surface area (Å²) in [5.41, 5.74) is 2.16. The summed E-state index contributed by atoms with van der Waals surface area (Å²) in [6.45, 7) is 1.45. The molecule has 2 heterocycles. The van der Waals surface area contributed by atoms with E-state index < -0.39 is 0 Å². The first-order valence-corrected chi connectivity index (χ1v) is 9.83. The van der Waals surface area contributed by atoms with E-state index in [2.05, 4.69) is 15.5 Å². The number of rotatable bonds is 3. The van der Waals surface area contributed by atoms with Crippen LogP contribution in [0.2, 0.25) is 0 Å². The van der Waals surface area contributed by atoms with Crippen molar-refractivity contribution in [2.24, 2.45) is 5.92 Å². The van der Waals surface area contributed by atoms with Gasteiger partial charge in [0, 0.05) is 36.3 Å². The summed E-state index contributed by atoms with van der Waals surface area (Å²) in [7, 11) is 0. The topological polar surface area (TPSA) is 78.1 Å². The Kier molecular flexibility index (Phi) is 4.77. The Morgan fingerprint density at radius 1 is 1.12 bits per heavy atom. The van der Waals surface area contributed by atoms with E-state index in [1.807, 2.05) is 4.90 Å². The molecule has 2 fully saturated rings. The number of hydrogen-bond donors (Lipinski definition) is 2. The quantitative estimate of drug-likeness (QED) is 0.882. The number of aromatic nitrogens is 2. The first kappa shape index (κ1) is 16.6. The molecule has 2 amide bonds.